The van der Waals surface area contributed by atoms with E-state index in [9.17, 15) is 5.11 Å². The summed E-state index contributed by atoms with van der Waals surface area (Å²) in [4.78, 5) is 4.28. The molecule has 0 aliphatic rings. The van der Waals surface area contributed by atoms with Gasteiger partial charge in [-0.15, -0.1) is 0 Å². The van der Waals surface area contributed by atoms with Crippen LogP contribution in [0.15, 0.2) is 12.4 Å². The molecular weight excluding hydrogens is 204 g/mol. The van der Waals surface area contributed by atoms with E-state index in [1.54, 1.807) is 13.3 Å². The Balaban J connectivity index is 2.54. The Hall–Kier alpha value is -0.870. The fourth-order valence-corrected chi connectivity index (χ4v) is 1.74. The Labute approximate surface area is 97.3 Å². The average Bonchev–Trinajstić information content (AvgIpc) is 2.67. The van der Waals surface area contributed by atoms with Crippen molar-refractivity contribution in [2.75, 3.05) is 13.7 Å². The highest BCUT2D eigenvalue weighted by Crippen LogP contribution is 2.10. The third-order valence-corrected chi connectivity index (χ3v) is 2.74. The van der Waals surface area contributed by atoms with Gasteiger partial charge in [-0.25, -0.2) is 4.98 Å². The number of imidazole rings is 1. The second kappa shape index (κ2) is 6.66. The van der Waals surface area contributed by atoms with Crippen LogP contribution in [-0.4, -0.2) is 34.5 Å². The van der Waals surface area contributed by atoms with Crippen LogP contribution in [-0.2, 0) is 17.7 Å². The Morgan fingerprint density at radius 2 is 2.31 bits per heavy atom. The highest BCUT2D eigenvalue weighted by molar-refractivity contribution is 4.95. The molecule has 1 aromatic heterocycles. The molecule has 0 spiro atoms. The lowest BCUT2D eigenvalue weighted by atomic mass is 10.0. The zero-order valence-corrected chi connectivity index (χ0v) is 10.4. The fraction of sp³-hybridized carbons (Fsp3) is 0.750. The lowest BCUT2D eigenvalue weighted by molar-refractivity contribution is 0.0558. The Morgan fingerprint density at radius 3 is 2.94 bits per heavy atom. The minimum Gasteiger partial charge on any atom is -0.392 e. The van der Waals surface area contributed by atoms with Gasteiger partial charge in [-0.3, -0.25) is 0 Å². The largest absolute Gasteiger partial charge is 0.392 e. The fourth-order valence-electron chi connectivity index (χ4n) is 1.74. The van der Waals surface area contributed by atoms with Crippen molar-refractivity contribution in [3.05, 3.63) is 18.2 Å². The summed E-state index contributed by atoms with van der Waals surface area (Å²) in [6.45, 7) is 5.66. The monoisotopic (exact) mass is 226 g/mol. The van der Waals surface area contributed by atoms with Gasteiger partial charge in [0.15, 0.2) is 0 Å². The molecule has 2 atom stereocenters. The second-order valence-corrected chi connectivity index (χ2v) is 4.24. The number of aliphatic hydroxyl groups is 1. The third-order valence-electron chi connectivity index (χ3n) is 2.74. The SMILES string of the molecule is CCCn1ccnc1CC(O)C(C)COC. The van der Waals surface area contributed by atoms with Crippen molar-refractivity contribution in [1.82, 2.24) is 9.55 Å². The Kier molecular flexibility index (Phi) is 5.49. The van der Waals surface area contributed by atoms with Crippen molar-refractivity contribution in [1.29, 1.82) is 0 Å². The van der Waals surface area contributed by atoms with Gasteiger partial charge >= 0.3 is 0 Å². The highest BCUT2D eigenvalue weighted by atomic mass is 16.5. The van der Waals surface area contributed by atoms with E-state index >= 15 is 0 Å². The first kappa shape index (κ1) is 13.2. The molecule has 0 aromatic carbocycles. The van der Waals surface area contributed by atoms with Crippen LogP contribution in [0.25, 0.3) is 0 Å². The molecule has 0 aliphatic carbocycles. The predicted octanol–water partition coefficient (Wildman–Crippen LogP) is 1.48. The number of hydrogen-bond acceptors (Lipinski definition) is 3. The summed E-state index contributed by atoms with van der Waals surface area (Å²) in [5.74, 6) is 1.09. The normalized spacial score (nSPS) is 15.0. The van der Waals surface area contributed by atoms with Gasteiger partial charge in [-0.2, -0.15) is 0 Å². The highest BCUT2D eigenvalue weighted by Gasteiger charge is 2.16. The lowest BCUT2D eigenvalue weighted by Crippen LogP contribution is -2.25. The number of methoxy groups -OCH3 is 1. The molecule has 0 amide bonds. The van der Waals surface area contributed by atoms with Crippen molar-refractivity contribution in [2.45, 2.75) is 39.3 Å². The minimum absolute atomic E-state index is 0.136. The smallest absolute Gasteiger partial charge is 0.111 e. The van der Waals surface area contributed by atoms with Crippen LogP contribution in [0.5, 0.6) is 0 Å². The van der Waals surface area contributed by atoms with Crippen molar-refractivity contribution in [3.63, 3.8) is 0 Å². The van der Waals surface area contributed by atoms with Crippen LogP contribution < -0.4 is 0 Å². The standard InChI is InChI=1S/C12H22N2O2/c1-4-6-14-7-5-13-12(14)8-11(15)10(2)9-16-3/h5,7,10-11,15H,4,6,8-9H2,1-3H3. The van der Waals surface area contributed by atoms with E-state index in [0.29, 0.717) is 13.0 Å². The molecule has 0 radical (unpaired) electrons. The molecule has 92 valence electrons. The first-order chi connectivity index (χ1) is 7.69. The first-order valence-corrected chi connectivity index (χ1v) is 5.86. The summed E-state index contributed by atoms with van der Waals surface area (Å²) >= 11 is 0. The molecule has 1 N–H and O–H groups in total. The van der Waals surface area contributed by atoms with Crippen LogP contribution >= 0.6 is 0 Å². The van der Waals surface area contributed by atoms with E-state index in [0.717, 1.165) is 18.8 Å². The van der Waals surface area contributed by atoms with Gasteiger partial charge in [0.1, 0.15) is 5.82 Å². The maximum absolute atomic E-state index is 9.98. The topological polar surface area (TPSA) is 47.3 Å². The van der Waals surface area contributed by atoms with Gasteiger partial charge in [-0.05, 0) is 6.42 Å². The van der Waals surface area contributed by atoms with Gasteiger partial charge in [0.25, 0.3) is 0 Å². The lowest BCUT2D eigenvalue weighted by Gasteiger charge is -2.18. The molecule has 0 aliphatic heterocycles. The van der Waals surface area contributed by atoms with Crippen molar-refractivity contribution in [3.8, 4) is 0 Å². The molecule has 0 bridgehead atoms. The van der Waals surface area contributed by atoms with Gasteiger partial charge in [0.05, 0.1) is 12.7 Å². The average molecular weight is 226 g/mol. The van der Waals surface area contributed by atoms with Crippen molar-refractivity contribution < 1.29 is 9.84 Å². The minimum atomic E-state index is -0.391. The molecule has 0 fully saturated rings. The third kappa shape index (κ3) is 3.61. The number of aromatic nitrogens is 2. The van der Waals surface area contributed by atoms with Crippen LogP contribution in [0.1, 0.15) is 26.1 Å². The van der Waals surface area contributed by atoms with E-state index in [1.165, 1.54) is 0 Å². The quantitative estimate of drug-likeness (QED) is 0.766. The van der Waals surface area contributed by atoms with Crippen molar-refractivity contribution in [2.24, 2.45) is 5.92 Å². The van der Waals surface area contributed by atoms with Crippen LogP contribution in [0, 0.1) is 5.92 Å². The molecule has 16 heavy (non-hydrogen) atoms. The molecule has 1 aromatic rings. The van der Waals surface area contributed by atoms with E-state index in [4.69, 9.17) is 4.74 Å². The van der Waals surface area contributed by atoms with Gasteiger partial charge in [0, 0.05) is 38.4 Å². The summed E-state index contributed by atoms with van der Waals surface area (Å²) in [6, 6.07) is 0. The number of ether oxygens (including phenoxy) is 1. The molecule has 0 saturated carbocycles. The molecule has 0 saturated heterocycles. The number of rotatable bonds is 7. The van der Waals surface area contributed by atoms with E-state index < -0.39 is 6.10 Å². The maximum atomic E-state index is 9.98. The Morgan fingerprint density at radius 1 is 1.56 bits per heavy atom. The molecule has 1 heterocycles. The predicted molar refractivity (Wildman–Crippen MR) is 63.3 cm³/mol. The molecule has 1 rings (SSSR count). The summed E-state index contributed by atoms with van der Waals surface area (Å²) < 4.78 is 7.13. The van der Waals surface area contributed by atoms with E-state index in [-0.39, 0.29) is 5.92 Å². The number of nitrogens with zero attached hydrogens (tertiary/aromatic N) is 2. The molecular formula is C12H22N2O2. The van der Waals surface area contributed by atoms with Crippen LogP contribution in [0.2, 0.25) is 0 Å². The molecule has 2 unspecified atom stereocenters. The zero-order chi connectivity index (χ0) is 12.0. The van der Waals surface area contributed by atoms with Crippen LogP contribution in [0.4, 0.5) is 0 Å². The number of hydrogen-bond donors (Lipinski definition) is 1. The number of aryl methyl sites for hydroxylation is 1. The zero-order valence-electron chi connectivity index (χ0n) is 10.4. The summed E-state index contributed by atoms with van der Waals surface area (Å²) in [7, 11) is 1.65. The molecule has 4 heteroatoms. The summed E-state index contributed by atoms with van der Waals surface area (Å²) in [5.41, 5.74) is 0. The Bertz CT molecular complexity index is 299. The van der Waals surface area contributed by atoms with E-state index in [2.05, 4.69) is 16.5 Å². The van der Waals surface area contributed by atoms with Gasteiger partial charge in [-0.1, -0.05) is 13.8 Å². The van der Waals surface area contributed by atoms with Gasteiger partial charge < -0.3 is 14.4 Å². The van der Waals surface area contributed by atoms with Gasteiger partial charge in [0.2, 0.25) is 0 Å². The van der Waals surface area contributed by atoms with Crippen molar-refractivity contribution >= 4 is 0 Å². The molecule has 4 nitrogen and oxygen atoms in total. The first-order valence-electron chi connectivity index (χ1n) is 5.86. The second-order valence-electron chi connectivity index (χ2n) is 4.24. The summed E-state index contributed by atoms with van der Waals surface area (Å²) in [6.07, 6.45) is 5.04. The van der Waals surface area contributed by atoms with Crippen LogP contribution in [0.3, 0.4) is 0 Å². The van der Waals surface area contributed by atoms with E-state index in [1.807, 2.05) is 13.1 Å². The summed E-state index contributed by atoms with van der Waals surface area (Å²) in [5, 5.41) is 9.98. The maximum Gasteiger partial charge on any atom is 0.111 e. The number of aliphatic hydroxyl groups excluding tert-OH is 1.